The molecule has 4 rings (SSSR count). The number of hydrogen-bond donors (Lipinski definition) is 29. The van der Waals surface area contributed by atoms with Crippen LogP contribution in [-0.2, 0) is 161 Å². The number of carbonyl (C=O) groups excluding carboxylic acids is 3. The third-order valence-electron chi connectivity index (χ3n) is 16.7. The summed E-state index contributed by atoms with van der Waals surface area (Å²) in [6.07, 6.45) is -48.3. The topological polar surface area (TPSA) is 971 Å². The van der Waals surface area contributed by atoms with Gasteiger partial charge in [0.15, 0.2) is 25.2 Å². The number of ether oxygens (including phenoxy) is 9. The largest absolute Gasteiger partial charge is 0.472 e. The second-order valence-electron chi connectivity index (χ2n) is 27.2. The smallest absolute Gasteiger partial charge is 0.394 e. The summed E-state index contributed by atoms with van der Waals surface area (Å²) in [6.45, 7) is -22.0. The van der Waals surface area contributed by atoms with Crippen molar-refractivity contribution in [2.45, 2.75) is 192 Å². The highest BCUT2D eigenvalue weighted by Gasteiger charge is 2.54. The Labute approximate surface area is 717 Å². The molecule has 4 aliphatic heterocycles. The lowest BCUT2D eigenvalue weighted by Crippen LogP contribution is -2.68. The lowest BCUT2D eigenvalue weighted by molar-refractivity contribution is -0.349. The Balaban J connectivity index is 1.39. The second kappa shape index (κ2) is 54.4. The summed E-state index contributed by atoms with van der Waals surface area (Å²) in [5.74, 6) is -2.77. The fourth-order valence-corrected chi connectivity index (χ4v) is 16.6. The van der Waals surface area contributed by atoms with E-state index in [0.29, 0.717) is 0 Å². The van der Waals surface area contributed by atoms with Crippen LogP contribution in [0, 0.1) is 0 Å². The predicted octanol–water partition coefficient (Wildman–Crippen LogP) is -12.7. The van der Waals surface area contributed by atoms with E-state index in [4.69, 9.17) is 93.7 Å². The molecule has 0 aromatic rings. The first-order valence-electron chi connectivity index (χ1n) is 36.7. The number of methoxy groups -OCH3 is 1. The second-order valence-corrected chi connectivity index (χ2v) is 38.7. The molecule has 35 atom stereocenters. The average Bonchev–Trinajstić information content (AvgIpc) is 0.783. The van der Waals surface area contributed by atoms with Gasteiger partial charge in [-0.05, 0) is 0 Å². The molecule has 72 heteroatoms. The van der Waals surface area contributed by atoms with E-state index in [1.807, 2.05) is 0 Å². The Morgan fingerprint density at radius 3 is 0.764 bits per heavy atom. The Morgan fingerprint density at radius 2 is 0.520 bits per heavy atom. The van der Waals surface area contributed by atoms with Gasteiger partial charge < -0.3 is 189 Å². The molecule has 0 radical (unpaired) electrons. The van der Waals surface area contributed by atoms with Gasteiger partial charge in [0.2, 0.25) is 17.7 Å². The molecule has 0 saturated carbocycles. The van der Waals surface area contributed by atoms with Gasteiger partial charge >= 0.3 is 62.6 Å². The van der Waals surface area contributed by atoms with Gasteiger partial charge in [0.1, 0.15) is 146 Å². The van der Waals surface area contributed by atoms with Crippen molar-refractivity contribution in [3.05, 3.63) is 0 Å². The van der Waals surface area contributed by atoms with Gasteiger partial charge in [-0.25, -0.2) is 36.5 Å². The van der Waals surface area contributed by atoms with Crippen LogP contribution in [0.5, 0.6) is 0 Å². The van der Waals surface area contributed by atoms with Crippen LogP contribution in [0.2, 0.25) is 0 Å². The van der Waals surface area contributed by atoms with Crippen LogP contribution in [0.25, 0.3) is 0 Å². The van der Waals surface area contributed by atoms with Crippen molar-refractivity contribution in [3.63, 3.8) is 0 Å². The van der Waals surface area contributed by atoms with Crippen molar-refractivity contribution in [2.75, 3.05) is 139 Å². The predicted molar refractivity (Wildman–Crippen MR) is 395 cm³/mol. The maximum Gasteiger partial charge on any atom is 0.472 e. The third-order valence-corrected chi connectivity index (χ3v) is 23.9. The summed E-state index contributed by atoms with van der Waals surface area (Å²) in [4.78, 5) is 128. The molecule has 4 saturated heterocycles. The number of hydrogen-bond acceptors (Lipinski definition) is 52. The zero-order valence-electron chi connectivity index (χ0n) is 66.8. The van der Waals surface area contributed by atoms with E-state index in [1.54, 1.807) is 0 Å². The Kier molecular flexibility index (Phi) is 50.4. The number of carbonyl (C=O) groups is 3. The lowest BCUT2D eigenvalue weighted by atomic mass is 9.95. The standard InChI is InChI=1S/C55H109N3O61P8/c1-25(64)56-40-47(76)43(72)36(6-60)115-52(40)112-33(19-107-123(86,87)101-12-29(68)11-97-120(79,80)81)20-109-125(90,91)104-17-32(71)18-105-126(92,93)110-22-34(113-53-41(57-26(2)65)48(77)44(73)37(7-61)116-53)21-108-124(88,89)102-15-30(69)13-99-121(82,83)100-14-31(70)16-103-127(94,95)111-24-35(23-106-122(84,85)98-10-28(67)5-59)114-54-42(58-27(3)66)50(45(74)38(8-62)117-54)119-55-49(78)51(96-4)46(75)39(9-63)118-55/h28-55,59-63,67-78H,5-24H2,1-4H3,(H,56,64)(H,57,65)(H,58,66)(H,82,83)(H,84,85)(H,86,87)(H,88,89)(H,90,91)(H,92,93)(H,94,95)(H2,79,80,81)/t28?,29?,30?,31?,32?,33?,34?,35?,36-,37-,38-,39-,40-,41-,42-,43+,44+,45+,46+,47-,48-,49-,50-,51+,52+,53+,54+,55+/m1/s1. The minimum atomic E-state index is -5.64. The van der Waals surface area contributed by atoms with Gasteiger partial charge in [-0.15, -0.1) is 0 Å². The van der Waals surface area contributed by atoms with Gasteiger partial charge in [-0.1, -0.05) is 0 Å². The molecule has 4 heterocycles. The molecule has 0 bridgehead atoms. The molecule has 3 amide bonds. The quantitative estimate of drug-likeness (QED) is 0.0251. The van der Waals surface area contributed by atoms with E-state index in [1.165, 1.54) is 0 Å². The molecule has 0 spiro atoms. The van der Waals surface area contributed by atoms with Crippen LogP contribution >= 0.6 is 62.6 Å². The summed E-state index contributed by atoms with van der Waals surface area (Å²) in [5, 5.41) is 182. The molecule has 29 N–H and O–H groups in total. The maximum absolute atomic E-state index is 13.2. The summed E-state index contributed by atoms with van der Waals surface area (Å²) in [5.41, 5.74) is 0. The number of rotatable bonds is 62. The average molecular weight is 2040 g/mol. The molecule has 750 valence electrons. The molecule has 0 aromatic carbocycles. The van der Waals surface area contributed by atoms with Crippen LogP contribution in [0.15, 0.2) is 0 Å². The van der Waals surface area contributed by atoms with E-state index >= 15 is 0 Å². The van der Waals surface area contributed by atoms with Crippen molar-refractivity contribution in [1.29, 1.82) is 0 Å². The minimum Gasteiger partial charge on any atom is -0.394 e. The number of aliphatic hydroxyl groups is 17. The van der Waals surface area contributed by atoms with E-state index < -0.39 is 384 Å². The fourth-order valence-electron chi connectivity index (χ4n) is 10.7. The van der Waals surface area contributed by atoms with Crippen molar-refractivity contribution in [1.82, 2.24) is 16.0 Å². The zero-order valence-corrected chi connectivity index (χ0v) is 74.0. The molecular weight excluding hydrogens is 1930 g/mol. The number of phosphoric acid groups is 8. The van der Waals surface area contributed by atoms with Crippen molar-refractivity contribution in [2.24, 2.45) is 0 Å². The van der Waals surface area contributed by atoms with Crippen molar-refractivity contribution >= 4 is 80.3 Å². The SMILES string of the molecule is CO[C@H]1[C@@H](O)[C@@H](CO)O[C@@H](O[C@H]2[C@@H](O)[C@@H](CO)O[C@H](OC(COP(=O)(O)OCC(O)CO)COP(=O)(O)OCC(O)COP(=O)(O)OCC(O)COP(=O)(O)OCC(COP(=O)(O)OCC(O)COP(=O)(O)OCC(COP(=O)(O)OCC(O)COP(=O)(O)O)O[C@H]3O[C@H](CO)[C@H](O)[C@H](O)[C@H]3NC(C)=O)O[C@H]3O[C@H](CO)[C@H](O)[C@H](O)[C@H]3NC(C)=O)[C@@H]2NC(C)=O)[C@@H]1O. The molecule has 0 aliphatic carbocycles. The van der Waals surface area contributed by atoms with Crippen molar-refractivity contribution < 1.29 is 292 Å². The van der Waals surface area contributed by atoms with Gasteiger partial charge in [0.25, 0.3) is 0 Å². The van der Waals surface area contributed by atoms with Gasteiger partial charge in [0.05, 0.1) is 132 Å². The Bertz CT molecular complexity index is 3700. The molecule has 127 heavy (non-hydrogen) atoms. The van der Waals surface area contributed by atoms with Crippen LogP contribution in [0.4, 0.5) is 0 Å². The van der Waals surface area contributed by atoms with Gasteiger partial charge in [-0.2, -0.15) is 0 Å². The fraction of sp³-hybridized carbons (Fsp3) is 0.945. The molecular formula is C55H109N3O61P8. The molecule has 15 unspecified atom stereocenters. The summed E-state index contributed by atoms with van der Waals surface area (Å²) in [6, 6.07) is -5.42. The van der Waals surface area contributed by atoms with E-state index in [0.717, 1.165) is 27.9 Å². The number of aliphatic hydroxyl groups excluding tert-OH is 17. The van der Waals surface area contributed by atoms with Crippen LogP contribution < -0.4 is 16.0 Å². The van der Waals surface area contributed by atoms with Crippen LogP contribution in [0.1, 0.15) is 20.8 Å². The maximum atomic E-state index is 13.2. The highest BCUT2D eigenvalue weighted by Crippen LogP contribution is 2.51. The lowest BCUT2D eigenvalue weighted by Gasteiger charge is -2.48. The summed E-state index contributed by atoms with van der Waals surface area (Å²) >= 11 is 0. The summed E-state index contributed by atoms with van der Waals surface area (Å²) < 4.78 is 222. The van der Waals surface area contributed by atoms with Crippen molar-refractivity contribution in [3.8, 4) is 0 Å². The van der Waals surface area contributed by atoms with E-state index in [9.17, 15) is 167 Å². The highest BCUT2D eigenvalue weighted by molar-refractivity contribution is 7.49. The number of nitrogens with one attached hydrogen (secondary N) is 3. The zero-order chi connectivity index (χ0) is 96.1. The Morgan fingerprint density at radius 1 is 0.299 bits per heavy atom. The monoisotopic (exact) mass is 2040 g/mol. The molecule has 64 nitrogen and oxygen atoms in total. The first-order chi connectivity index (χ1) is 58.8. The third kappa shape index (κ3) is 42.8. The minimum absolute atomic E-state index is 0.887. The van der Waals surface area contributed by atoms with Gasteiger partial charge in [0, 0.05) is 27.9 Å². The van der Waals surface area contributed by atoms with E-state index in [-0.39, 0.29) is 0 Å². The van der Waals surface area contributed by atoms with E-state index in [2.05, 4.69) is 47.6 Å². The Hall–Kier alpha value is -1.75. The first kappa shape index (κ1) is 118. The number of phosphoric ester groups is 8. The van der Waals surface area contributed by atoms with Crippen LogP contribution in [-0.4, -0.2) is 459 Å². The molecule has 4 aliphatic rings. The van der Waals surface area contributed by atoms with Gasteiger partial charge in [-0.3, -0.25) is 82.2 Å². The number of amides is 3. The van der Waals surface area contributed by atoms with Crippen LogP contribution in [0.3, 0.4) is 0 Å². The summed E-state index contributed by atoms with van der Waals surface area (Å²) in [7, 11) is -42.7. The highest BCUT2D eigenvalue weighted by atomic mass is 31.2. The molecule has 4 fully saturated rings. The first-order valence-corrected chi connectivity index (χ1v) is 48.6. The normalized spacial score (nSPS) is 32.1. The molecule has 0 aromatic heterocycles.